The molecule has 0 aromatic rings. The largest absolute Gasteiger partial charge is 0.445 e. The number of rotatable bonds is 3. The first kappa shape index (κ1) is 10.3. The molecule has 1 aliphatic rings. The molecule has 0 aromatic heterocycles. The van der Waals surface area contributed by atoms with Gasteiger partial charge in [-0.1, -0.05) is 6.92 Å². The Balaban J connectivity index is 2.28. The van der Waals surface area contributed by atoms with E-state index in [0.717, 1.165) is 38.9 Å². The average molecular weight is 186 g/mol. The van der Waals surface area contributed by atoms with Crippen molar-refractivity contribution in [2.45, 2.75) is 32.3 Å². The summed E-state index contributed by atoms with van der Waals surface area (Å²) in [6.45, 7) is 5.19. The maximum Gasteiger partial charge on any atom is 0.404 e. The van der Waals surface area contributed by atoms with Crippen molar-refractivity contribution >= 4 is 6.09 Å². The molecule has 4 heteroatoms. The molecule has 4 nitrogen and oxygen atoms in total. The monoisotopic (exact) mass is 186 g/mol. The molecule has 13 heavy (non-hydrogen) atoms. The van der Waals surface area contributed by atoms with Crippen molar-refractivity contribution in [1.82, 2.24) is 4.90 Å². The van der Waals surface area contributed by atoms with Gasteiger partial charge >= 0.3 is 6.09 Å². The smallest absolute Gasteiger partial charge is 0.404 e. The van der Waals surface area contributed by atoms with E-state index in [1.807, 2.05) is 0 Å². The SMILES string of the molecule is CCCN1CCCC(OC(N)=O)C1. The lowest BCUT2D eigenvalue weighted by atomic mass is 10.1. The summed E-state index contributed by atoms with van der Waals surface area (Å²) in [6.07, 6.45) is 2.55. The maximum atomic E-state index is 10.5. The molecule has 1 amide bonds. The zero-order valence-corrected chi connectivity index (χ0v) is 8.16. The van der Waals surface area contributed by atoms with Gasteiger partial charge in [-0.25, -0.2) is 4.79 Å². The second-order valence-corrected chi connectivity index (χ2v) is 3.50. The van der Waals surface area contributed by atoms with Crippen LogP contribution in [0.3, 0.4) is 0 Å². The Kier molecular flexibility index (Phi) is 4.02. The molecule has 0 aliphatic carbocycles. The van der Waals surface area contributed by atoms with Crippen LogP contribution in [0.15, 0.2) is 0 Å². The standard InChI is InChI=1S/C9H18N2O2/c1-2-5-11-6-3-4-8(7-11)13-9(10)12/h8H,2-7H2,1H3,(H2,10,12). The molecule has 1 heterocycles. The molecule has 1 rings (SSSR count). The normalized spacial score (nSPS) is 24.2. The van der Waals surface area contributed by atoms with Gasteiger partial charge in [0.15, 0.2) is 0 Å². The predicted octanol–water partition coefficient (Wildman–Crippen LogP) is 0.956. The number of hydrogen-bond acceptors (Lipinski definition) is 3. The third kappa shape index (κ3) is 3.63. The fourth-order valence-corrected chi connectivity index (χ4v) is 1.79. The van der Waals surface area contributed by atoms with Crippen molar-refractivity contribution in [3.63, 3.8) is 0 Å². The molecule has 76 valence electrons. The van der Waals surface area contributed by atoms with E-state index in [4.69, 9.17) is 10.5 Å². The van der Waals surface area contributed by atoms with Crippen LogP contribution in [0.2, 0.25) is 0 Å². The molecular formula is C9H18N2O2. The van der Waals surface area contributed by atoms with Gasteiger partial charge in [0.05, 0.1) is 0 Å². The molecule has 1 fully saturated rings. The van der Waals surface area contributed by atoms with Gasteiger partial charge in [-0.15, -0.1) is 0 Å². The van der Waals surface area contributed by atoms with Crippen molar-refractivity contribution in [2.24, 2.45) is 5.73 Å². The number of piperidine rings is 1. The van der Waals surface area contributed by atoms with Gasteiger partial charge in [0.2, 0.25) is 0 Å². The van der Waals surface area contributed by atoms with Crippen LogP contribution in [-0.2, 0) is 4.74 Å². The molecule has 0 saturated carbocycles. The van der Waals surface area contributed by atoms with Gasteiger partial charge in [-0.05, 0) is 32.4 Å². The van der Waals surface area contributed by atoms with E-state index in [0.29, 0.717) is 0 Å². The van der Waals surface area contributed by atoms with Gasteiger partial charge in [-0.3, -0.25) is 4.90 Å². The Morgan fingerprint density at radius 1 is 1.69 bits per heavy atom. The summed E-state index contributed by atoms with van der Waals surface area (Å²) in [6, 6.07) is 0. The second-order valence-electron chi connectivity index (χ2n) is 3.50. The summed E-state index contributed by atoms with van der Waals surface area (Å²) in [4.78, 5) is 12.8. The second kappa shape index (κ2) is 5.07. The minimum Gasteiger partial charge on any atom is -0.445 e. The minimum atomic E-state index is -0.650. The van der Waals surface area contributed by atoms with Gasteiger partial charge in [0, 0.05) is 6.54 Å². The highest BCUT2D eigenvalue weighted by Gasteiger charge is 2.21. The van der Waals surface area contributed by atoms with E-state index < -0.39 is 6.09 Å². The summed E-state index contributed by atoms with van der Waals surface area (Å²) < 4.78 is 4.96. The Morgan fingerprint density at radius 3 is 3.08 bits per heavy atom. The molecule has 1 atom stereocenters. The van der Waals surface area contributed by atoms with E-state index in [1.165, 1.54) is 0 Å². The number of ether oxygens (including phenoxy) is 1. The van der Waals surface area contributed by atoms with Crippen LogP contribution in [0.5, 0.6) is 0 Å². The third-order valence-corrected chi connectivity index (χ3v) is 2.28. The number of amides is 1. The zero-order chi connectivity index (χ0) is 9.68. The predicted molar refractivity (Wildman–Crippen MR) is 50.4 cm³/mol. The fraction of sp³-hybridized carbons (Fsp3) is 0.889. The van der Waals surface area contributed by atoms with Crippen molar-refractivity contribution in [3.8, 4) is 0 Å². The van der Waals surface area contributed by atoms with Gasteiger partial charge in [0.1, 0.15) is 6.10 Å². The van der Waals surface area contributed by atoms with Crippen LogP contribution in [0.1, 0.15) is 26.2 Å². The first-order chi connectivity index (χ1) is 6.22. The molecule has 0 radical (unpaired) electrons. The van der Waals surface area contributed by atoms with Crippen LogP contribution in [0.4, 0.5) is 4.79 Å². The fourth-order valence-electron chi connectivity index (χ4n) is 1.79. The van der Waals surface area contributed by atoms with Crippen LogP contribution in [0.25, 0.3) is 0 Å². The summed E-state index contributed by atoms with van der Waals surface area (Å²) in [5.74, 6) is 0. The minimum absolute atomic E-state index is 0.0119. The summed E-state index contributed by atoms with van der Waals surface area (Å²) >= 11 is 0. The molecule has 0 spiro atoms. The first-order valence-corrected chi connectivity index (χ1v) is 4.90. The third-order valence-electron chi connectivity index (χ3n) is 2.28. The van der Waals surface area contributed by atoms with Crippen LogP contribution in [0, 0.1) is 0 Å². The molecular weight excluding hydrogens is 168 g/mol. The van der Waals surface area contributed by atoms with Gasteiger partial charge < -0.3 is 10.5 Å². The van der Waals surface area contributed by atoms with E-state index >= 15 is 0 Å². The van der Waals surface area contributed by atoms with Crippen molar-refractivity contribution in [2.75, 3.05) is 19.6 Å². The lowest BCUT2D eigenvalue weighted by molar-refractivity contribution is 0.0475. The molecule has 1 unspecified atom stereocenters. The Hall–Kier alpha value is -0.770. The molecule has 2 N–H and O–H groups in total. The van der Waals surface area contributed by atoms with Gasteiger partial charge in [-0.2, -0.15) is 0 Å². The number of carbonyl (C=O) groups excluding carboxylic acids is 1. The molecule has 1 aliphatic heterocycles. The lowest BCUT2D eigenvalue weighted by Gasteiger charge is -2.31. The highest BCUT2D eigenvalue weighted by atomic mass is 16.6. The Bertz CT molecular complexity index is 171. The molecule has 1 saturated heterocycles. The zero-order valence-electron chi connectivity index (χ0n) is 8.16. The van der Waals surface area contributed by atoms with E-state index in [-0.39, 0.29) is 6.10 Å². The quantitative estimate of drug-likeness (QED) is 0.714. The first-order valence-electron chi connectivity index (χ1n) is 4.90. The van der Waals surface area contributed by atoms with E-state index in [1.54, 1.807) is 0 Å². The summed E-state index contributed by atoms with van der Waals surface area (Å²) in [7, 11) is 0. The number of hydrogen-bond donors (Lipinski definition) is 1. The van der Waals surface area contributed by atoms with E-state index in [9.17, 15) is 4.79 Å². The van der Waals surface area contributed by atoms with Crippen molar-refractivity contribution in [3.05, 3.63) is 0 Å². The molecule has 0 bridgehead atoms. The van der Waals surface area contributed by atoms with Gasteiger partial charge in [0.25, 0.3) is 0 Å². The number of carbonyl (C=O) groups is 1. The Labute approximate surface area is 79.0 Å². The number of nitrogens with two attached hydrogens (primary N) is 1. The molecule has 0 aromatic carbocycles. The van der Waals surface area contributed by atoms with Crippen LogP contribution < -0.4 is 5.73 Å². The average Bonchev–Trinajstić information content (AvgIpc) is 2.04. The highest BCUT2D eigenvalue weighted by Crippen LogP contribution is 2.13. The topological polar surface area (TPSA) is 55.6 Å². The van der Waals surface area contributed by atoms with Crippen molar-refractivity contribution < 1.29 is 9.53 Å². The van der Waals surface area contributed by atoms with E-state index in [2.05, 4.69) is 11.8 Å². The summed E-state index contributed by atoms with van der Waals surface area (Å²) in [5, 5.41) is 0. The number of primary amides is 1. The van der Waals surface area contributed by atoms with Crippen LogP contribution in [-0.4, -0.2) is 36.7 Å². The van der Waals surface area contributed by atoms with Crippen molar-refractivity contribution in [1.29, 1.82) is 0 Å². The summed E-state index contributed by atoms with van der Waals surface area (Å²) in [5.41, 5.74) is 4.96. The van der Waals surface area contributed by atoms with Crippen LogP contribution >= 0.6 is 0 Å². The number of likely N-dealkylation sites (tertiary alicyclic amines) is 1. The maximum absolute atomic E-state index is 10.5. The Morgan fingerprint density at radius 2 is 2.46 bits per heavy atom. The highest BCUT2D eigenvalue weighted by molar-refractivity contribution is 5.64. The number of nitrogens with zero attached hydrogens (tertiary/aromatic N) is 1. The lowest BCUT2D eigenvalue weighted by Crippen LogP contribution is -2.41.